The van der Waals surface area contributed by atoms with Gasteiger partial charge in [-0.1, -0.05) is 6.07 Å². The monoisotopic (exact) mass is 249 g/mol. The van der Waals surface area contributed by atoms with Crippen molar-refractivity contribution in [2.75, 3.05) is 26.7 Å². The van der Waals surface area contributed by atoms with E-state index < -0.39 is 0 Å². The third kappa shape index (κ3) is 3.68. The first kappa shape index (κ1) is 13.3. The quantitative estimate of drug-likeness (QED) is 0.832. The van der Waals surface area contributed by atoms with Crippen molar-refractivity contribution in [3.05, 3.63) is 23.9 Å². The summed E-state index contributed by atoms with van der Waals surface area (Å²) in [6.07, 6.45) is 2.70. The van der Waals surface area contributed by atoms with Crippen molar-refractivity contribution in [3.63, 3.8) is 0 Å². The lowest BCUT2D eigenvalue weighted by molar-refractivity contribution is 0.251. The van der Waals surface area contributed by atoms with E-state index >= 15 is 0 Å². The summed E-state index contributed by atoms with van der Waals surface area (Å²) < 4.78 is 5.12. The van der Waals surface area contributed by atoms with Crippen LogP contribution in [0.1, 0.15) is 25.5 Å². The first-order chi connectivity index (χ1) is 8.79. The van der Waals surface area contributed by atoms with E-state index in [9.17, 15) is 0 Å². The van der Waals surface area contributed by atoms with E-state index in [2.05, 4.69) is 22.1 Å². The molecule has 2 heterocycles. The van der Waals surface area contributed by atoms with Gasteiger partial charge in [-0.3, -0.25) is 4.90 Å². The molecular weight excluding hydrogens is 226 g/mol. The summed E-state index contributed by atoms with van der Waals surface area (Å²) in [6.45, 7) is 6.60. The molecule has 1 fully saturated rings. The molecule has 0 saturated carbocycles. The SMILES string of the molecule is COc1cccc(CNCC(C)N2CCCC2)n1. The molecule has 1 aliphatic rings. The first-order valence-electron chi connectivity index (χ1n) is 6.74. The van der Waals surface area contributed by atoms with Crippen molar-refractivity contribution in [1.82, 2.24) is 15.2 Å². The van der Waals surface area contributed by atoms with Crippen LogP contribution in [0.25, 0.3) is 0 Å². The van der Waals surface area contributed by atoms with E-state index in [1.165, 1.54) is 25.9 Å². The van der Waals surface area contributed by atoms with Gasteiger partial charge in [0.05, 0.1) is 12.8 Å². The Hall–Kier alpha value is -1.13. The van der Waals surface area contributed by atoms with Gasteiger partial charge in [-0.25, -0.2) is 4.98 Å². The normalized spacial score (nSPS) is 17.9. The van der Waals surface area contributed by atoms with Crippen LogP contribution < -0.4 is 10.1 Å². The molecule has 0 aromatic carbocycles. The Morgan fingerprint density at radius 1 is 1.39 bits per heavy atom. The number of methoxy groups -OCH3 is 1. The average molecular weight is 249 g/mol. The minimum atomic E-state index is 0.609. The number of aromatic nitrogens is 1. The van der Waals surface area contributed by atoms with Gasteiger partial charge in [0.25, 0.3) is 0 Å². The summed E-state index contributed by atoms with van der Waals surface area (Å²) in [5, 5.41) is 3.47. The van der Waals surface area contributed by atoms with Crippen molar-refractivity contribution in [1.29, 1.82) is 0 Å². The molecule has 18 heavy (non-hydrogen) atoms. The van der Waals surface area contributed by atoms with Crippen LogP contribution in [0.5, 0.6) is 5.88 Å². The van der Waals surface area contributed by atoms with Crippen LogP contribution in [-0.2, 0) is 6.54 Å². The van der Waals surface area contributed by atoms with E-state index in [0.29, 0.717) is 11.9 Å². The molecule has 0 amide bonds. The van der Waals surface area contributed by atoms with Gasteiger partial charge in [0.2, 0.25) is 5.88 Å². The lowest BCUT2D eigenvalue weighted by atomic mass is 10.3. The fraction of sp³-hybridized carbons (Fsp3) is 0.643. The topological polar surface area (TPSA) is 37.4 Å². The largest absolute Gasteiger partial charge is 0.481 e. The Balaban J connectivity index is 1.73. The Bertz CT molecular complexity index is 364. The number of nitrogens with zero attached hydrogens (tertiary/aromatic N) is 2. The van der Waals surface area contributed by atoms with Gasteiger partial charge in [0, 0.05) is 25.2 Å². The number of likely N-dealkylation sites (tertiary alicyclic amines) is 1. The van der Waals surface area contributed by atoms with Gasteiger partial charge in [0.15, 0.2) is 0 Å². The molecule has 1 aromatic heterocycles. The molecule has 100 valence electrons. The summed E-state index contributed by atoms with van der Waals surface area (Å²) in [7, 11) is 1.65. The molecule has 0 aliphatic carbocycles. The summed E-state index contributed by atoms with van der Waals surface area (Å²) in [5.41, 5.74) is 1.03. The maximum Gasteiger partial charge on any atom is 0.213 e. The van der Waals surface area contributed by atoms with Crippen LogP contribution in [0, 0.1) is 0 Å². The van der Waals surface area contributed by atoms with Gasteiger partial charge >= 0.3 is 0 Å². The molecule has 1 atom stereocenters. The van der Waals surface area contributed by atoms with Crippen molar-refractivity contribution >= 4 is 0 Å². The van der Waals surface area contributed by atoms with Crippen LogP contribution in [0.2, 0.25) is 0 Å². The number of pyridine rings is 1. The van der Waals surface area contributed by atoms with Gasteiger partial charge < -0.3 is 10.1 Å². The number of hydrogen-bond donors (Lipinski definition) is 1. The molecule has 1 saturated heterocycles. The molecule has 2 rings (SSSR count). The number of hydrogen-bond acceptors (Lipinski definition) is 4. The average Bonchev–Trinajstić information content (AvgIpc) is 2.93. The third-order valence-corrected chi connectivity index (χ3v) is 3.50. The standard InChI is InChI=1S/C14H23N3O/c1-12(17-8-3-4-9-17)10-15-11-13-6-5-7-14(16-13)18-2/h5-7,12,15H,3-4,8-11H2,1-2H3. The highest BCUT2D eigenvalue weighted by atomic mass is 16.5. The fourth-order valence-corrected chi connectivity index (χ4v) is 2.39. The summed E-state index contributed by atoms with van der Waals surface area (Å²) in [4.78, 5) is 6.93. The smallest absolute Gasteiger partial charge is 0.213 e. The van der Waals surface area contributed by atoms with E-state index in [-0.39, 0.29) is 0 Å². The van der Waals surface area contributed by atoms with Crippen molar-refractivity contribution in [3.8, 4) is 5.88 Å². The predicted molar refractivity (Wildman–Crippen MR) is 72.8 cm³/mol. The maximum atomic E-state index is 5.12. The lowest BCUT2D eigenvalue weighted by Crippen LogP contribution is -2.38. The highest BCUT2D eigenvalue weighted by Crippen LogP contribution is 2.11. The maximum absolute atomic E-state index is 5.12. The van der Waals surface area contributed by atoms with Crippen LogP contribution >= 0.6 is 0 Å². The molecule has 1 N–H and O–H groups in total. The molecule has 0 spiro atoms. The molecule has 0 radical (unpaired) electrons. The minimum Gasteiger partial charge on any atom is -0.481 e. The zero-order valence-corrected chi connectivity index (χ0v) is 11.4. The Morgan fingerprint density at radius 3 is 2.89 bits per heavy atom. The van der Waals surface area contributed by atoms with E-state index in [1.54, 1.807) is 7.11 Å². The molecule has 4 heteroatoms. The number of rotatable bonds is 6. The predicted octanol–water partition coefficient (Wildman–Crippen LogP) is 1.66. The van der Waals surface area contributed by atoms with E-state index in [0.717, 1.165) is 18.8 Å². The summed E-state index contributed by atoms with van der Waals surface area (Å²) >= 11 is 0. The fourth-order valence-electron chi connectivity index (χ4n) is 2.39. The number of ether oxygens (including phenoxy) is 1. The summed E-state index contributed by atoms with van der Waals surface area (Å²) in [5.74, 6) is 0.682. The van der Waals surface area contributed by atoms with Gasteiger partial charge in [-0.15, -0.1) is 0 Å². The van der Waals surface area contributed by atoms with Gasteiger partial charge in [-0.05, 0) is 38.9 Å². The van der Waals surface area contributed by atoms with Crippen molar-refractivity contribution < 1.29 is 4.74 Å². The van der Waals surface area contributed by atoms with Gasteiger partial charge in [0.1, 0.15) is 0 Å². The minimum absolute atomic E-state index is 0.609. The van der Waals surface area contributed by atoms with Crippen LogP contribution in [-0.4, -0.2) is 42.7 Å². The Morgan fingerprint density at radius 2 is 2.17 bits per heavy atom. The zero-order chi connectivity index (χ0) is 12.8. The van der Waals surface area contributed by atoms with Crippen LogP contribution in [0.4, 0.5) is 0 Å². The molecule has 0 bridgehead atoms. The third-order valence-electron chi connectivity index (χ3n) is 3.50. The van der Waals surface area contributed by atoms with Gasteiger partial charge in [-0.2, -0.15) is 0 Å². The lowest BCUT2D eigenvalue weighted by Gasteiger charge is -2.23. The molecule has 4 nitrogen and oxygen atoms in total. The summed E-state index contributed by atoms with van der Waals surface area (Å²) in [6, 6.07) is 6.48. The highest BCUT2D eigenvalue weighted by molar-refractivity contribution is 5.15. The van der Waals surface area contributed by atoms with E-state index in [4.69, 9.17) is 4.74 Å². The van der Waals surface area contributed by atoms with Crippen LogP contribution in [0.15, 0.2) is 18.2 Å². The molecule has 1 aliphatic heterocycles. The second-order valence-corrected chi connectivity index (χ2v) is 4.89. The highest BCUT2D eigenvalue weighted by Gasteiger charge is 2.17. The second kappa shape index (κ2) is 6.71. The molecule has 1 aromatic rings. The van der Waals surface area contributed by atoms with Crippen LogP contribution in [0.3, 0.4) is 0 Å². The molecular formula is C14H23N3O. The van der Waals surface area contributed by atoms with Crippen molar-refractivity contribution in [2.45, 2.75) is 32.4 Å². The van der Waals surface area contributed by atoms with Crippen molar-refractivity contribution in [2.24, 2.45) is 0 Å². The second-order valence-electron chi connectivity index (χ2n) is 4.89. The first-order valence-corrected chi connectivity index (χ1v) is 6.74. The molecule has 1 unspecified atom stereocenters. The zero-order valence-electron chi connectivity index (χ0n) is 11.4. The Labute approximate surface area is 109 Å². The number of nitrogens with one attached hydrogen (secondary N) is 1. The Kier molecular flexibility index (Phi) is 4.96. The van der Waals surface area contributed by atoms with E-state index in [1.807, 2.05) is 18.2 Å².